The zero-order valence-electron chi connectivity index (χ0n) is 2.28. The highest BCUT2D eigenvalue weighted by Gasteiger charge is 1.70. The molecule has 0 aromatic carbocycles. The monoisotopic (exact) mass is 112 g/mol. The lowest BCUT2D eigenvalue weighted by atomic mass is 11.2. The predicted molar refractivity (Wildman–Crippen MR) is 22.4 cm³/mol. The van der Waals surface area contributed by atoms with Crippen molar-refractivity contribution in [2.45, 2.75) is 0 Å². The average Bonchev–Trinajstić information content (AvgIpc) is 1.38. The van der Waals surface area contributed by atoms with Crippen LogP contribution in [0.5, 0.6) is 0 Å². The van der Waals surface area contributed by atoms with Crippen LogP contribution in [0.1, 0.15) is 0 Å². The molecule has 5 heavy (non-hydrogen) atoms. The quantitative estimate of drug-likeness (QED) is 0.475. The second-order valence-corrected chi connectivity index (χ2v) is 1.04. The maximum Gasteiger partial charge on any atom is 0.195 e. The molecule has 30 valence electrons. The lowest BCUT2D eigenvalue weighted by molar-refractivity contribution is 0.454. The van der Waals surface area contributed by atoms with Gasteiger partial charge in [-0.25, -0.2) is 0 Å². The number of hydrogen-bond donors (Lipinski definition) is 1. The Hall–Kier alpha value is 0.120. The molecule has 1 N–H and O–H groups in total. The largest absolute Gasteiger partial charge is 0.498 e. The Morgan fingerprint density at radius 2 is 2.00 bits per heavy atom. The molecule has 1 nitrogen and oxygen atoms in total. The van der Waals surface area contributed by atoms with Crippen molar-refractivity contribution in [2.24, 2.45) is 0 Å². The Morgan fingerprint density at radius 3 is 2.00 bits per heavy atom. The fourth-order valence-electron chi connectivity index (χ4n) is 0. The number of hydrogen-bond acceptors (Lipinski definition) is 1. The fraction of sp³-hybridized carbons (Fsp3) is 0. The summed E-state index contributed by atoms with van der Waals surface area (Å²) in [7, 11) is 0. The summed E-state index contributed by atoms with van der Waals surface area (Å²) in [6.45, 7) is 0. The van der Waals surface area contributed by atoms with Crippen LogP contribution in [0.15, 0.2) is 10.8 Å². The molecule has 0 aromatic rings. The van der Waals surface area contributed by atoms with E-state index in [2.05, 4.69) is 0 Å². The van der Waals surface area contributed by atoms with Crippen molar-refractivity contribution in [1.29, 1.82) is 0 Å². The van der Waals surface area contributed by atoms with E-state index >= 15 is 0 Å². The van der Waals surface area contributed by atoms with E-state index in [9.17, 15) is 0 Å². The van der Waals surface area contributed by atoms with Crippen LogP contribution in [0.25, 0.3) is 0 Å². The van der Waals surface area contributed by atoms with Gasteiger partial charge in [0.2, 0.25) is 0 Å². The van der Waals surface area contributed by atoms with Crippen LogP contribution < -0.4 is 0 Å². The van der Waals surface area contributed by atoms with Crippen molar-refractivity contribution in [3.63, 3.8) is 0 Å². The molecule has 0 atom stereocenters. The Balaban J connectivity index is 3.14. The van der Waals surface area contributed by atoms with E-state index in [4.69, 9.17) is 28.3 Å². The Labute approximate surface area is 39.8 Å². The number of rotatable bonds is 0. The molecule has 0 saturated heterocycles. The molecule has 0 rings (SSSR count). The van der Waals surface area contributed by atoms with E-state index in [0.717, 1.165) is 5.54 Å². The number of aliphatic hydroxyl groups is 1. The first-order valence-electron chi connectivity index (χ1n) is 0.919. The van der Waals surface area contributed by atoms with Gasteiger partial charge in [-0.1, -0.05) is 11.6 Å². The van der Waals surface area contributed by atoms with Crippen molar-refractivity contribution >= 4 is 23.2 Å². The first kappa shape index (κ1) is 5.12. The third-order valence-corrected chi connectivity index (χ3v) is 0.518. The molecule has 3 heteroatoms. The Morgan fingerprint density at radius 1 is 1.80 bits per heavy atom. The maximum atomic E-state index is 7.86. The van der Waals surface area contributed by atoms with Crippen LogP contribution >= 0.6 is 23.2 Å². The highest BCUT2D eigenvalue weighted by Crippen LogP contribution is 1.93. The fourth-order valence-corrected chi connectivity index (χ4v) is 0. The topological polar surface area (TPSA) is 20.2 Å². The van der Waals surface area contributed by atoms with E-state index < -0.39 is 0 Å². The first-order valence-corrected chi connectivity index (χ1v) is 1.73. The van der Waals surface area contributed by atoms with Gasteiger partial charge < -0.3 is 5.11 Å². The molecule has 0 aliphatic heterocycles. The highest BCUT2D eigenvalue weighted by molar-refractivity contribution is 6.35. The molecule has 0 bridgehead atoms. The van der Waals surface area contributed by atoms with Gasteiger partial charge in [0.25, 0.3) is 0 Å². The molecule has 0 aromatic heterocycles. The van der Waals surface area contributed by atoms with Crippen LogP contribution in [0, 0.1) is 0 Å². The number of halogens is 2. The Kier molecular flexibility index (Phi) is 2.42. The number of aliphatic hydroxyl groups excluding tert-OH is 1. The van der Waals surface area contributed by atoms with E-state index in [1.807, 2.05) is 0 Å². The van der Waals surface area contributed by atoms with Gasteiger partial charge in [0.1, 0.15) is 0 Å². The summed E-state index contributed by atoms with van der Waals surface area (Å²) < 4.78 is 0. The van der Waals surface area contributed by atoms with Gasteiger partial charge in [-0.2, -0.15) is 0 Å². The molecule has 0 aliphatic rings. The molecule has 0 fully saturated rings. The molecular formula is C2H2Cl2O. The van der Waals surface area contributed by atoms with Crippen molar-refractivity contribution < 1.29 is 5.11 Å². The molecule has 0 unspecified atom stereocenters. The molecule has 0 radical (unpaired) electrons. The van der Waals surface area contributed by atoms with Crippen molar-refractivity contribution in [2.75, 3.05) is 0 Å². The van der Waals surface area contributed by atoms with Gasteiger partial charge >= 0.3 is 0 Å². The summed E-state index contributed by atoms with van der Waals surface area (Å²) in [6, 6.07) is 0. The van der Waals surface area contributed by atoms with Gasteiger partial charge in [-0.05, 0) is 11.6 Å². The van der Waals surface area contributed by atoms with Crippen LogP contribution in [-0.2, 0) is 0 Å². The smallest absolute Gasteiger partial charge is 0.195 e. The third kappa shape index (κ3) is 4.12. The summed E-state index contributed by atoms with van der Waals surface area (Å²) in [5.74, 6) is 0. The zero-order chi connectivity index (χ0) is 4.28. The van der Waals surface area contributed by atoms with Crippen LogP contribution in [0.4, 0.5) is 0 Å². The SMILES string of the molecule is O/C(Cl)=C/Cl. The first-order chi connectivity index (χ1) is 2.27. The maximum absolute atomic E-state index is 7.86. The summed E-state index contributed by atoms with van der Waals surface area (Å²) >= 11 is 9.54. The zero-order valence-corrected chi connectivity index (χ0v) is 3.79. The van der Waals surface area contributed by atoms with Crippen LogP contribution in [0.2, 0.25) is 0 Å². The van der Waals surface area contributed by atoms with Gasteiger partial charge in [0.15, 0.2) is 5.22 Å². The molecule has 0 aliphatic carbocycles. The molecule has 0 spiro atoms. The normalized spacial score (nSPS) is 12.0. The van der Waals surface area contributed by atoms with Gasteiger partial charge in [-0.3, -0.25) is 0 Å². The Bertz CT molecular complexity index is 45.6. The predicted octanol–water partition coefficient (Wildman–Crippen LogP) is 1.82. The van der Waals surface area contributed by atoms with E-state index in [1.54, 1.807) is 0 Å². The minimum atomic E-state index is -0.383. The van der Waals surface area contributed by atoms with Crippen molar-refractivity contribution in [3.05, 3.63) is 10.8 Å². The lowest BCUT2D eigenvalue weighted by Gasteiger charge is -1.69. The van der Waals surface area contributed by atoms with Crippen LogP contribution in [0.3, 0.4) is 0 Å². The molecule has 0 saturated carbocycles. The summed E-state index contributed by atoms with van der Waals surface area (Å²) in [5, 5.41) is 7.47. The van der Waals surface area contributed by atoms with E-state index in [-0.39, 0.29) is 5.22 Å². The summed E-state index contributed by atoms with van der Waals surface area (Å²) in [6.07, 6.45) is 0. The highest BCUT2D eigenvalue weighted by atomic mass is 35.5. The lowest BCUT2D eigenvalue weighted by Crippen LogP contribution is -1.52. The van der Waals surface area contributed by atoms with Gasteiger partial charge in [0.05, 0.1) is 5.54 Å². The van der Waals surface area contributed by atoms with Crippen LogP contribution in [-0.4, -0.2) is 5.11 Å². The average molecular weight is 113 g/mol. The summed E-state index contributed by atoms with van der Waals surface area (Å²) in [5.41, 5.74) is 0.877. The molecular weight excluding hydrogens is 111 g/mol. The van der Waals surface area contributed by atoms with Crippen molar-refractivity contribution in [1.82, 2.24) is 0 Å². The molecule has 0 amide bonds. The van der Waals surface area contributed by atoms with E-state index in [0.29, 0.717) is 0 Å². The van der Waals surface area contributed by atoms with Gasteiger partial charge in [-0.15, -0.1) is 0 Å². The minimum absolute atomic E-state index is 0.383. The second-order valence-electron chi connectivity index (χ2n) is 0.432. The van der Waals surface area contributed by atoms with Crippen molar-refractivity contribution in [3.8, 4) is 0 Å². The van der Waals surface area contributed by atoms with Gasteiger partial charge in [0, 0.05) is 0 Å². The van der Waals surface area contributed by atoms with E-state index in [1.165, 1.54) is 0 Å². The third-order valence-electron chi connectivity index (χ3n) is 0.0900. The minimum Gasteiger partial charge on any atom is -0.498 e. The molecule has 0 heterocycles. The standard InChI is InChI=1S/C2H2Cl2O/c3-1-2(4)5/h1,5H/b2-1+. The second kappa shape index (κ2) is 2.36. The summed E-state index contributed by atoms with van der Waals surface area (Å²) in [4.78, 5) is 0.